The second kappa shape index (κ2) is 15.5. The number of aromatic nitrogens is 2. The molecule has 2 fully saturated rings. The van der Waals surface area contributed by atoms with Crippen LogP contribution in [0, 0.1) is 5.82 Å². The molecule has 3 heterocycles. The summed E-state index contributed by atoms with van der Waals surface area (Å²) in [6, 6.07) is 15.8. The molecule has 11 nitrogen and oxygen atoms in total. The summed E-state index contributed by atoms with van der Waals surface area (Å²) in [5.41, 5.74) is 3.70. The fourth-order valence-corrected chi connectivity index (χ4v) is 6.37. The normalized spacial score (nSPS) is 17.1. The highest BCUT2D eigenvalue weighted by Gasteiger charge is 2.30. The number of carbonyl (C=O) groups is 3. The van der Waals surface area contributed by atoms with E-state index in [4.69, 9.17) is 16.3 Å². The van der Waals surface area contributed by atoms with E-state index in [1.54, 1.807) is 18.2 Å². The first-order valence-corrected chi connectivity index (χ1v) is 16.6. The molecule has 1 aromatic heterocycles. The Kier molecular flexibility index (Phi) is 10.8. The summed E-state index contributed by atoms with van der Waals surface area (Å²) in [7, 11) is 0. The third-order valence-electron chi connectivity index (χ3n) is 8.77. The number of piperazine rings is 1. The van der Waals surface area contributed by atoms with Gasteiger partial charge in [-0.25, -0.2) is 14.4 Å². The second-order valence-corrected chi connectivity index (χ2v) is 12.5. The summed E-state index contributed by atoms with van der Waals surface area (Å²) in [4.78, 5) is 50.0. The molecule has 254 valence electrons. The van der Waals surface area contributed by atoms with Gasteiger partial charge in [-0.05, 0) is 54.3 Å². The van der Waals surface area contributed by atoms with Gasteiger partial charge in [0.15, 0.2) is 0 Å². The first-order chi connectivity index (χ1) is 23.8. The Bertz CT molecular complexity index is 1880. The van der Waals surface area contributed by atoms with Crippen molar-refractivity contribution in [2.45, 2.75) is 31.7 Å². The number of ether oxygens (including phenoxy) is 1. The van der Waals surface area contributed by atoms with Crippen molar-refractivity contribution in [3.05, 3.63) is 95.5 Å². The van der Waals surface area contributed by atoms with E-state index in [1.165, 1.54) is 24.5 Å². The van der Waals surface area contributed by atoms with E-state index in [9.17, 15) is 18.8 Å². The largest absolute Gasteiger partial charge is 0.491 e. The number of benzene rings is 3. The molecule has 4 aromatic rings. The summed E-state index contributed by atoms with van der Waals surface area (Å²) in [5, 5.41) is 9.04. The van der Waals surface area contributed by atoms with Gasteiger partial charge in [0.1, 0.15) is 23.7 Å². The van der Waals surface area contributed by atoms with Crippen molar-refractivity contribution in [3.8, 4) is 5.75 Å². The van der Waals surface area contributed by atoms with Gasteiger partial charge in [-0.1, -0.05) is 42.4 Å². The molecule has 0 spiro atoms. The summed E-state index contributed by atoms with van der Waals surface area (Å²) in [5.74, 6) is -0.706. The summed E-state index contributed by atoms with van der Waals surface area (Å²) in [6.45, 7) is 9.18. The first kappa shape index (κ1) is 34.0. The average Bonchev–Trinajstić information content (AvgIpc) is 3.10. The van der Waals surface area contributed by atoms with Crippen LogP contribution in [0.3, 0.4) is 0 Å². The Balaban J connectivity index is 1.04. The lowest BCUT2D eigenvalue weighted by Crippen LogP contribution is -2.46. The third-order valence-corrected chi connectivity index (χ3v) is 9.06. The van der Waals surface area contributed by atoms with Crippen molar-refractivity contribution < 1.29 is 23.5 Å². The molecule has 2 aliphatic heterocycles. The molecule has 1 unspecified atom stereocenters. The fourth-order valence-electron chi connectivity index (χ4n) is 6.19. The minimum atomic E-state index is -0.525. The van der Waals surface area contributed by atoms with Crippen LogP contribution in [0.15, 0.2) is 73.6 Å². The van der Waals surface area contributed by atoms with Crippen molar-refractivity contribution in [3.63, 3.8) is 0 Å². The molecular weight excluding hydrogens is 649 g/mol. The molecule has 13 heteroatoms. The van der Waals surface area contributed by atoms with Crippen LogP contribution in [-0.4, -0.2) is 76.8 Å². The molecule has 0 bridgehead atoms. The Hall–Kier alpha value is -4.91. The number of nitrogens with one attached hydrogen (secondary N) is 3. The van der Waals surface area contributed by atoms with Crippen LogP contribution >= 0.6 is 11.6 Å². The van der Waals surface area contributed by atoms with Gasteiger partial charge in [0.2, 0.25) is 17.7 Å². The van der Waals surface area contributed by atoms with Crippen LogP contribution in [0.25, 0.3) is 10.9 Å². The van der Waals surface area contributed by atoms with Gasteiger partial charge in [0, 0.05) is 62.8 Å². The smallest absolute Gasteiger partial charge is 0.247 e. The van der Waals surface area contributed by atoms with E-state index in [1.807, 2.05) is 18.2 Å². The molecule has 0 saturated carbocycles. The molecule has 0 radical (unpaired) electrons. The number of anilines is 3. The fraction of sp³-hybridized carbons (Fsp3) is 0.306. The first-order valence-electron chi connectivity index (χ1n) is 16.2. The maximum atomic E-state index is 13.7. The predicted molar refractivity (Wildman–Crippen MR) is 186 cm³/mol. The number of imide groups is 1. The number of carbonyl (C=O) groups excluding carboxylic acids is 3. The Morgan fingerprint density at radius 3 is 2.65 bits per heavy atom. The van der Waals surface area contributed by atoms with Crippen LogP contribution in [0.2, 0.25) is 5.02 Å². The number of rotatable bonds is 12. The van der Waals surface area contributed by atoms with E-state index >= 15 is 0 Å². The molecule has 49 heavy (non-hydrogen) atoms. The lowest BCUT2D eigenvalue weighted by Gasteiger charge is -2.35. The molecule has 1 atom stereocenters. The van der Waals surface area contributed by atoms with E-state index in [2.05, 4.69) is 48.4 Å². The van der Waals surface area contributed by atoms with E-state index in [0.717, 1.165) is 56.8 Å². The molecule has 0 aliphatic carbocycles. The van der Waals surface area contributed by atoms with Gasteiger partial charge in [0.05, 0.1) is 28.8 Å². The highest BCUT2D eigenvalue weighted by Crippen LogP contribution is 2.34. The number of fused-ring (bicyclic) bond motifs is 1. The van der Waals surface area contributed by atoms with Crippen molar-refractivity contribution in [1.82, 2.24) is 25.1 Å². The van der Waals surface area contributed by atoms with Crippen LogP contribution in [0.5, 0.6) is 5.75 Å². The summed E-state index contributed by atoms with van der Waals surface area (Å²) < 4.78 is 19.9. The maximum Gasteiger partial charge on any atom is 0.247 e. The molecule has 2 saturated heterocycles. The molecular formula is C36H37ClFN7O4. The lowest BCUT2D eigenvalue weighted by atomic mass is 9.87. The predicted octanol–water partition coefficient (Wildman–Crippen LogP) is 5.40. The second-order valence-electron chi connectivity index (χ2n) is 12.1. The van der Waals surface area contributed by atoms with Crippen molar-refractivity contribution in [2.75, 3.05) is 50.0 Å². The Labute approximate surface area is 288 Å². The highest BCUT2D eigenvalue weighted by atomic mass is 35.5. The summed E-state index contributed by atoms with van der Waals surface area (Å²) in [6.07, 6.45) is 4.27. The Morgan fingerprint density at radius 2 is 1.88 bits per heavy atom. The van der Waals surface area contributed by atoms with Gasteiger partial charge in [-0.15, -0.1) is 0 Å². The third kappa shape index (κ3) is 8.40. The van der Waals surface area contributed by atoms with Gasteiger partial charge in [-0.3, -0.25) is 24.6 Å². The van der Waals surface area contributed by atoms with E-state index in [0.29, 0.717) is 53.3 Å². The van der Waals surface area contributed by atoms with Gasteiger partial charge >= 0.3 is 0 Å². The molecule has 3 N–H and O–H groups in total. The molecule has 3 amide bonds. The maximum absolute atomic E-state index is 13.7. The zero-order chi connectivity index (χ0) is 34.3. The monoisotopic (exact) mass is 685 g/mol. The minimum Gasteiger partial charge on any atom is -0.491 e. The lowest BCUT2D eigenvalue weighted by molar-refractivity contribution is -0.134. The van der Waals surface area contributed by atoms with Gasteiger partial charge in [0.25, 0.3) is 0 Å². The van der Waals surface area contributed by atoms with Crippen molar-refractivity contribution in [2.24, 2.45) is 0 Å². The minimum absolute atomic E-state index is 0.0207. The number of nitrogens with zero attached hydrogens (tertiary/aromatic N) is 4. The SMILES string of the molecule is C=CC(=O)Nc1cc2c(Nc3ccc(F)c(Cl)c3)ncnc2cc1OCCCN1CCN(Cc2ccccc2C2CCC(=O)NC2=O)CC1. The Morgan fingerprint density at radius 1 is 1.08 bits per heavy atom. The zero-order valence-corrected chi connectivity index (χ0v) is 27.6. The van der Waals surface area contributed by atoms with Crippen molar-refractivity contribution in [1.29, 1.82) is 0 Å². The number of piperidine rings is 1. The van der Waals surface area contributed by atoms with Crippen LogP contribution in [-0.2, 0) is 20.9 Å². The molecule has 3 aromatic carbocycles. The average molecular weight is 686 g/mol. The number of amides is 3. The number of hydrogen-bond donors (Lipinski definition) is 3. The molecule has 2 aliphatic rings. The quantitative estimate of drug-likeness (QED) is 0.102. The van der Waals surface area contributed by atoms with Gasteiger partial charge < -0.3 is 20.3 Å². The topological polar surface area (TPSA) is 129 Å². The van der Waals surface area contributed by atoms with Crippen LogP contribution < -0.4 is 20.7 Å². The van der Waals surface area contributed by atoms with Crippen LogP contribution in [0.1, 0.15) is 36.3 Å². The standard InChI is InChI=1S/C36H37ClFN7O4/c1-2-33(46)42-31-19-27-30(39-22-40-35(27)41-24-8-10-29(38)28(37)18-24)20-32(31)49-17-5-12-44-13-15-45(16-14-44)21-23-6-3-4-7-25(23)26-9-11-34(47)43-36(26)48/h2-4,6-8,10,18-20,22,26H,1,5,9,11-17,21H2,(H,42,46)(H,39,40,41)(H,43,47,48). The van der Waals surface area contributed by atoms with E-state index in [-0.39, 0.29) is 22.8 Å². The molecule has 6 rings (SSSR count). The number of halogens is 2. The summed E-state index contributed by atoms with van der Waals surface area (Å²) >= 11 is 5.96. The van der Waals surface area contributed by atoms with Crippen molar-refractivity contribution >= 4 is 57.4 Å². The van der Waals surface area contributed by atoms with Gasteiger partial charge in [-0.2, -0.15) is 0 Å². The van der Waals surface area contributed by atoms with E-state index < -0.39 is 11.7 Å². The number of hydrogen-bond acceptors (Lipinski definition) is 9. The zero-order valence-electron chi connectivity index (χ0n) is 26.9. The van der Waals surface area contributed by atoms with Crippen LogP contribution in [0.4, 0.5) is 21.6 Å². The highest BCUT2D eigenvalue weighted by molar-refractivity contribution is 6.31.